The summed E-state index contributed by atoms with van der Waals surface area (Å²) in [6.45, 7) is 4.17. The number of carbonyl (C=O) groups is 1. The summed E-state index contributed by atoms with van der Waals surface area (Å²) >= 11 is 0. The zero-order chi connectivity index (χ0) is 29.2. The first kappa shape index (κ1) is 31.0. The third-order valence-electron chi connectivity index (χ3n) is 11.5. The number of ether oxygens (including phenoxy) is 1. The van der Waals surface area contributed by atoms with Crippen LogP contribution in [0.3, 0.4) is 0 Å². The number of aliphatic hydroxyl groups is 2. The van der Waals surface area contributed by atoms with Crippen LogP contribution in [0.5, 0.6) is 0 Å². The second-order valence-electron chi connectivity index (χ2n) is 13.2. The van der Waals surface area contributed by atoms with Crippen LogP contribution < -0.4 is 0 Å². The van der Waals surface area contributed by atoms with Crippen molar-refractivity contribution in [1.82, 2.24) is 0 Å². The van der Waals surface area contributed by atoms with Gasteiger partial charge in [0.15, 0.2) is 16.7 Å². The van der Waals surface area contributed by atoms with Crippen molar-refractivity contribution in [2.24, 2.45) is 46.3 Å². The number of rotatable bonds is 8. The molecule has 226 valence electrons. The summed E-state index contributed by atoms with van der Waals surface area (Å²) in [5.74, 6) is -4.92. The van der Waals surface area contributed by atoms with E-state index in [1.165, 1.54) is 0 Å². The maximum Gasteiger partial charge on any atom is 0.399 e. The second-order valence-corrected chi connectivity index (χ2v) is 14.7. The number of halogens is 4. The van der Waals surface area contributed by atoms with Crippen molar-refractivity contribution in [3.05, 3.63) is 0 Å². The summed E-state index contributed by atoms with van der Waals surface area (Å²) in [7, 11) is -6.65. The lowest BCUT2D eigenvalue weighted by Crippen LogP contribution is -2.58. The van der Waals surface area contributed by atoms with Crippen molar-refractivity contribution in [2.75, 3.05) is 6.61 Å². The lowest BCUT2D eigenvalue weighted by Gasteiger charge is -2.62. The number of esters is 1. The third-order valence-corrected chi connectivity index (χ3v) is 12.4. The molecule has 0 aromatic rings. The van der Waals surface area contributed by atoms with E-state index in [1.807, 2.05) is 6.92 Å². The number of fused-ring (bicyclic) bond motifs is 5. The molecule has 7 nitrogen and oxygen atoms in total. The van der Waals surface area contributed by atoms with Crippen molar-refractivity contribution in [1.29, 1.82) is 0 Å². The topological polar surface area (TPSA) is 124 Å². The van der Waals surface area contributed by atoms with Crippen LogP contribution in [0, 0.1) is 46.3 Å². The Bertz CT molecular complexity index is 1040. The first-order valence-corrected chi connectivity index (χ1v) is 15.5. The molecule has 0 saturated heterocycles. The fraction of sp³-hybridized carbons (Fsp3) is 0.963. The minimum absolute atomic E-state index is 0.0707. The molecule has 0 heterocycles. The molecular weight excluding hydrogens is 544 g/mol. The van der Waals surface area contributed by atoms with Crippen LogP contribution in [-0.2, 0) is 19.6 Å². The first-order valence-electron chi connectivity index (χ1n) is 14.1. The van der Waals surface area contributed by atoms with Gasteiger partial charge in [-0.2, -0.15) is 17.6 Å². The average Bonchev–Trinajstić information content (AvgIpc) is 3.20. The first-order chi connectivity index (χ1) is 17.9. The molecular formula is C27H41F4O7S-. The molecule has 10 atom stereocenters. The lowest BCUT2D eigenvalue weighted by molar-refractivity contribution is -0.197. The smallest absolute Gasteiger partial charge is 0.399 e. The molecule has 4 aliphatic carbocycles. The van der Waals surface area contributed by atoms with Crippen LogP contribution in [0.15, 0.2) is 0 Å². The highest BCUT2D eigenvalue weighted by molar-refractivity contribution is 7.86. The molecule has 0 amide bonds. The zero-order valence-electron chi connectivity index (χ0n) is 22.8. The number of hydrogen-bond donors (Lipinski definition) is 2. The molecule has 12 heteroatoms. The third kappa shape index (κ3) is 5.14. The molecule has 39 heavy (non-hydrogen) atoms. The standard InChI is InChI=1S/C27H42F4O7S/c1-15(4-9-23(34)38-14-26(28,29)27(30,31)39(35,36)37)19-7-8-20-18-6-5-16-12-17(32)10-11-24(16,2)21(18)13-22(33)25(19,20)3/h15-22,32-33H,4-14H2,1-3H3,(H,35,36,37)/p-1/t15-,16-,17-,18+,19-,20+,21+,22+,24+,25-/m1/s1. The number of hydrogen-bond acceptors (Lipinski definition) is 7. The average molecular weight is 586 g/mol. The molecule has 0 radical (unpaired) electrons. The van der Waals surface area contributed by atoms with E-state index in [4.69, 9.17) is 0 Å². The predicted molar refractivity (Wildman–Crippen MR) is 132 cm³/mol. The van der Waals surface area contributed by atoms with Crippen LogP contribution in [0.2, 0.25) is 0 Å². The summed E-state index contributed by atoms with van der Waals surface area (Å²) in [5, 5.41) is 15.9. The number of aliphatic hydroxyl groups excluding tert-OH is 2. The molecule has 0 bridgehead atoms. The molecule has 4 fully saturated rings. The maximum absolute atomic E-state index is 13.6. The number of alkyl halides is 4. The molecule has 4 aliphatic rings. The number of carbonyl (C=O) groups excluding carboxylic acids is 1. The monoisotopic (exact) mass is 585 g/mol. The van der Waals surface area contributed by atoms with Crippen molar-refractivity contribution >= 4 is 16.1 Å². The molecule has 0 aromatic heterocycles. The highest BCUT2D eigenvalue weighted by Crippen LogP contribution is 2.68. The van der Waals surface area contributed by atoms with Gasteiger partial charge in [0.1, 0.15) is 0 Å². The normalized spacial score (nSPS) is 41.7. The van der Waals surface area contributed by atoms with Gasteiger partial charge in [0.2, 0.25) is 0 Å². The molecule has 4 rings (SSSR count). The highest BCUT2D eigenvalue weighted by Gasteiger charge is 2.64. The minimum Gasteiger partial charge on any atom is -0.743 e. The Kier molecular flexibility index (Phi) is 8.24. The van der Waals surface area contributed by atoms with Gasteiger partial charge in [0.05, 0.1) is 12.2 Å². The van der Waals surface area contributed by atoms with Gasteiger partial charge in [0, 0.05) is 6.42 Å². The van der Waals surface area contributed by atoms with Crippen molar-refractivity contribution in [2.45, 2.75) is 108 Å². The lowest BCUT2D eigenvalue weighted by atomic mass is 9.43. The SMILES string of the molecule is C[C@H](CCC(=O)OCC(F)(F)C(F)(F)S(=O)(=O)[O-])[C@H]1CC[C@H]2[C@@H]3CC[C@@H]4C[C@H](O)CC[C@]4(C)[C@H]3C[C@H](O)[C@]12C. The fourth-order valence-electron chi connectivity index (χ4n) is 9.22. The van der Waals surface area contributed by atoms with Crippen molar-refractivity contribution < 1.29 is 50.3 Å². The second kappa shape index (κ2) is 10.4. The zero-order valence-corrected chi connectivity index (χ0v) is 23.6. The summed E-state index contributed by atoms with van der Waals surface area (Å²) in [4.78, 5) is 12.1. The van der Waals surface area contributed by atoms with Crippen molar-refractivity contribution in [3.63, 3.8) is 0 Å². The summed E-state index contributed by atoms with van der Waals surface area (Å²) in [5.41, 5.74) is -0.276. The van der Waals surface area contributed by atoms with Gasteiger partial charge in [-0.05, 0) is 104 Å². The molecule has 0 aromatic carbocycles. The Morgan fingerprint density at radius 3 is 2.36 bits per heavy atom. The van der Waals surface area contributed by atoms with Gasteiger partial charge in [-0.3, -0.25) is 4.79 Å². The molecule has 0 aliphatic heterocycles. The van der Waals surface area contributed by atoms with Crippen LogP contribution in [0.1, 0.15) is 85.0 Å². The Morgan fingerprint density at radius 1 is 1.05 bits per heavy atom. The quantitative estimate of drug-likeness (QED) is 0.240. The maximum atomic E-state index is 13.6. The van der Waals surface area contributed by atoms with E-state index < -0.39 is 40.0 Å². The Labute approximate surface area is 227 Å². The van der Waals surface area contributed by atoms with E-state index >= 15 is 0 Å². The molecule has 4 saturated carbocycles. The van der Waals surface area contributed by atoms with Crippen LogP contribution in [-0.4, -0.2) is 59.1 Å². The molecule has 0 spiro atoms. The Balaban J connectivity index is 1.37. The van der Waals surface area contributed by atoms with Gasteiger partial charge in [-0.15, -0.1) is 0 Å². The van der Waals surface area contributed by atoms with E-state index in [0.29, 0.717) is 30.1 Å². The van der Waals surface area contributed by atoms with E-state index in [-0.39, 0.29) is 41.6 Å². The Morgan fingerprint density at radius 2 is 1.72 bits per heavy atom. The van der Waals surface area contributed by atoms with Gasteiger partial charge >= 0.3 is 17.1 Å². The minimum atomic E-state index is -6.65. The summed E-state index contributed by atoms with van der Waals surface area (Å²) < 4.78 is 89.6. The molecule has 2 N–H and O–H groups in total. The van der Waals surface area contributed by atoms with Gasteiger partial charge < -0.3 is 19.5 Å². The summed E-state index contributed by atoms with van der Waals surface area (Å²) in [6, 6.07) is 0. The van der Waals surface area contributed by atoms with Gasteiger partial charge in [-0.1, -0.05) is 20.8 Å². The van der Waals surface area contributed by atoms with Crippen LogP contribution in [0.4, 0.5) is 17.6 Å². The van der Waals surface area contributed by atoms with Crippen LogP contribution in [0.25, 0.3) is 0 Å². The van der Waals surface area contributed by atoms with Crippen molar-refractivity contribution in [3.8, 4) is 0 Å². The largest absolute Gasteiger partial charge is 0.743 e. The predicted octanol–water partition coefficient (Wildman–Crippen LogP) is 4.71. The van der Waals surface area contributed by atoms with Crippen LogP contribution >= 0.6 is 0 Å². The van der Waals surface area contributed by atoms with E-state index in [2.05, 4.69) is 18.6 Å². The van der Waals surface area contributed by atoms with E-state index in [9.17, 15) is 45.5 Å². The highest BCUT2D eigenvalue weighted by atomic mass is 32.2. The van der Waals surface area contributed by atoms with Gasteiger partial charge in [0.25, 0.3) is 0 Å². The van der Waals surface area contributed by atoms with E-state index in [0.717, 1.165) is 44.9 Å². The Hall–Kier alpha value is -0.980. The van der Waals surface area contributed by atoms with E-state index in [1.54, 1.807) is 0 Å². The van der Waals surface area contributed by atoms with Gasteiger partial charge in [-0.25, -0.2) is 8.42 Å². The molecule has 0 unspecified atom stereocenters. The summed E-state index contributed by atoms with van der Waals surface area (Å²) in [6.07, 6.45) is 6.31. The fourth-order valence-corrected chi connectivity index (χ4v) is 9.64.